The number of hydrogen-bond acceptors (Lipinski definition) is 1. The molecular weight excluding hydrogens is 470 g/mol. The van der Waals surface area contributed by atoms with E-state index in [1.807, 2.05) is 18.3 Å². The fourth-order valence-corrected chi connectivity index (χ4v) is 5.76. The quantitative estimate of drug-likeness (QED) is 0.222. The Hall–Kier alpha value is -4.75. The van der Waals surface area contributed by atoms with Crippen molar-refractivity contribution in [2.45, 2.75) is 18.3 Å². The molecule has 1 aliphatic carbocycles. The lowest BCUT2D eigenvalue weighted by Gasteiger charge is -2.17. The van der Waals surface area contributed by atoms with Crippen molar-refractivity contribution in [3.63, 3.8) is 0 Å². The van der Waals surface area contributed by atoms with Crippen LogP contribution in [0.3, 0.4) is 0 Å². The molecule has 6 aromatic rings. The van der Waals surface area contributed by atoms with Crippen LogP contribution in [-0.4, -0.2) is 4.98 Å². The molecule has 0 spiro atoms. The van der Waals surface area contributed by atoms with Gasteiger partial charge in [-0.3, -0.25) is 4.98 Å². The first-order valence-electron chi connectivity index (χ1n) is 13.7. The molecule has 1 nitrogen and oxygen atoms in total. The Balaban J connectivity index is 1.17. The first-order chi connectivity index (χ1) is 19.3. The second-order valence-corrected chi connectivity index (χ2v) is 10.5. The van der Waals surface area contributed by atoms with E-state index in [9.17, 15) is 0 Å². The molecule has 0 N–H and O–H groups in total. The molecule has 5 aromatic carbocycles. The Morgan fingerprint density at radius 2 is 0.872 bits per heavy atom. The van der Waals surface area contributed by atoms with Gasteiger partial charge >= 0.3 is 0 Å². The van der Waals surface area contributed by atoms with Crippen LogP contribution >= 0.6 is 0 Å². The van der Waals surface area contributed by atoms with Crippen LogP contribution in [0, 0.1) is 0 Å². The van der Waals surface area contributed by atoms with Crippen molar-refractivity contribution in [1.29, 1.82) is 0 Å². The van der Waals surface area contributed by atoms with E-state index in [-0.39, 0.29) is 5.41 Å². The lowest BCUT2D eigenvalue weighted by atomic mass is 9.87. The minimum absolute atomic E-state index is 0.204. The van der Waals surface area contributed by atoms with E-state index in [0.29, 0.717) is 0 Å². The predicted octanol–water partition coefficient (Wildman–Crippen LogP) is 9.83. The Bertz CT molecular complexity index is 1730. The number of rotatable bonds is 6. The molecule has 0 bridgehead atoms. The molecule has 1 heteroatoms. The third-order valence-electron chi connectivity index (χ3n) is 8.06. The van der Waals surface area contributed by atoms with Gasteiger partial charge in [-0.1, -0.05) is 115 Å². The van der Waals surface area contributed by atoms with Gasteiger partial charge in [-0.15, -0.1) is 0 Å². The van der Waals surface area contributed by atoms with Crippen LogP contribution in [0.4, 0.5) is 0 Å². The topological polar surface area (TPSA) is 12.9 Å². The van der Waals surface area contributed by atoms with Gasteiger partial charge in [-0.05, 0) is 87.7 Å². The third kappa shape index (κ3) is 4.57. The van der Waals surface area contributed by atoms with Crippen LogP contribution in [0.25, 0.3) is 44.6 Å². The van der Waals surface area contributed by atoms with Crippen molar-refractivity contribution >= 4 is 0 Å². The Morgan fingerprint density at radius 1 is 0.385 bits per heavy atom. The molecule has 0 atom stereocenters. The summed E-state index contributed by atoms with van der Waals surface area (Å²) in [6, 6.07) is 52.6. The van der Waals surface area contributed by atoms with Crippen LogP contribution in [0.5, 0.6) is 0 Å². The van der Waals surface area contributed by atoms with Crippen LogP contribution in [-0.2, 0) is 5.41 Å². The molecule has 1 aromatic heterocycles. The standard InChI is InChI=1S/C38H29N/c1-2-15-35(16-3-1)38(22-23-38)36-20-18-28(19-21-36)29-9-6-10-30(25-29)31-11-7-12-32(26-31)33-13-8-14-34(27-33)37-17-4-5-24-39-37/h1-21,24-27H,22-23H2. The van der Waals surface area contributed by atoms with Crippen molar-refractivity contribution in [2.24, 2.45) is 0 Å². The molecule has 0 saturated heterocycles. The van der Waals surface area contributed by atoms with Crippen LogP contribution in [0.1, 0.15) is 24.0 Å². The molecule has 0 unspecified atom stereocenters. The summed E-state index contributed by atoms with van der Waals surface area (Å²) in [5.41, 5.74) is 12.5. The average molecular weight is 500 g/mol. The van der Waals surface area contributed by atoms with Crippen LogP contribution < -0.4 is 0 Å². The van der Waals surface area contributed by atoms with Crippen molar-refractivity contribution in [3.05, 3.63) is 163 Å². The van der Waals surface area contributed by atoms with E-state index in [4.69, 9.17) is 0 Å². The summed E-state index contributed by atoms with van der Waals surface area (Å²) in [5, 5.41) is 0. The lowest BCUT2D eigenvalue weighted by molar-refractivity contribution is 0.848. The minimum atomic E-state index is 0.204. The zero-order chi connectivity index (χ0) is 26.1. The van der Waals surface area contributed by atoms with Gasteiger partial charge in [-0.2, -0.15) is 0 Å². The zero-order valence-corrected chi connectivity index (χ0v) is 21.8. The number of nitrogens with zero attached hydrogens (tertiary/aromatic N) is 1. The molecule has 7 rings (SSSR count). The van der Waals surface area contributed by atoms with Gasteiger partial charge in [-0.25, -0.2) is 0 Å². The maximum Gasteiger partial charge on any atom is 0.0702 e. The summed E-state index contributed by atoms with van der Waals surface area (Å²) in [7, 11) is 0. The highest BCUT2D eigenvalue weighted by Crippen LogP contribution is 2.53. The molecule has 0 radical (unpaired) electrons. The van der Waals surface area contributed by atoms with E-state index in [0.717, 1.165) is 11.3 Å². The van der Waals surface area contributed by atoms with Gasteiger partial charge in [0, 0.05) is 17.2 Å². The van der Waals surface area contributed by atoms with Crippen molar-refractivity contribution in [3.8, 4) is 44.6 Å². The van der Waals surface area contributed by atoms with Gasteiger partial charge in [0.15, 0.2) is 0 Å². The smallest absolute Gasteiger partial charge is 0.0702 e. The minimum Gasteiger partial charge on any atom is -0.256 e. The Kier molecular flexibility index (Phi) is 5.90. The van der Waals surface area contributed by atoms with Crippen molar-refractivity contribution < 1.29 is 0 Å². The molecule has 186 valence electrons. The first-order valence-corrected chi connectivity index (χ1v) is 13.7. The monoisotopic (exact) mass is 499 g/mol. The van der Waals surface area contributed by atoms with E-state index in [1.165, 1.54) is 57.3 Å². The maximum atomic E-state index is 4.52. The highest BCUT2D eigenvalue weighted by Gasteiger charge is 2.45. The van der Waals surface area contributed by atoms with Gasteiger partial charge in [0.2, 0.25) is 0 Å². The van der Waals surface area contributed by atoms with E-state index in [1.54, 1.807) is 0 Å². The summed E-state index contributed by atoms with van der Waals surface area (Å²) < 4.78 is 0. The number of aromatic nitrogens is 1. The highest BCUT2D eigenvalue weighted by atomic mass is 14.7. The van der Waals surface area contributed by atoms with Crippen LogP contribution in [0.2, 0.25) is 0 Å². The summed E-state index contributed by atoms with van der Waals surface area (Å²) in [5.74, 6) is 0. The Labute approximate surface area is 230 Å². The van der Waals surface area contributed by atoms with E-state index >= 15 is 0 Å². The molecule has 1 heterocycles. The number of benzene rings is 5. The van der Waals surface area contributed by atoms with E-state index < -0.39 is 0 Å². The maximum absolute atomic E-state index is 4.52. The highest BCUT2D eigenvalue weighted by molar-refractivity contribution is 5.78. The van der Waals surface area contributed by atoms with Gasteiger partial charge in [0.1, 0.15) is 0 Å². The fourth-order valence-electron chi connectivity index (χ4n) is 5.76. The summed E-state index contributed by atoms with van der Waals surface area (Å²) in [6.45, 7) is 0. The molecular formula is C38H29N. The molecule has 0 aliphatic heterocycles. The van der Waals surface area contributed by atoms with Gasteiger partial charge < -0.3 is 0 Å². The Morgan fingerprint density at radius 3 is 1.41 bits per heavy atom. The number of pyridine rings is 1. The second kappa shape index (κ2) is 9.85. The van der Waals surface area contributed by atoms with Crippen LogP contribution in [0.15, 0.2) is 152 Å². The second-order valence-electron chi connectivity index (χ2n) is 10.5. The molecule has 1 aliphatic rings. The zero-order valence-electron chi connectivity index (χ0n) is 21.8. The molecule has 39 heavy (non-hydrogen) atoms. The molecule has 1 saturated carbocycles. The fraction of sp³-hybridized carbons (Fsp3) is 0.0789. The predicted molar refractivity (Wildman–Crippen MR) is 162 cm³/mol. The third-order valence-corrected chi connectivity index (χ3v) is 8.06. The normalized spacial score (nSPS) is 13.6. The van der Waals surface area contributed by atoms with E-state index in [2.05, 4.69) is 138 Å². The number of hydrogen-bond donors (Lipinski definition) is 0. The SMILES string of the molecule is c1ccc(C2(c3ccc(-c4cccc(-c5cccc(-c6cccc(-c7ccccn7)c6)c5)c4)cc3)CC2)cc1. The summed E-state index contributed by atoms with van der Waals surface area (Å²) in [4.78, 5) is 4.52. The molecule has 0 amide bonds. The van der Waals surface area contributed by atoms with Gasteiger partial charge in [0.25, 0.3) is 0 Å². The van der Waals surface area contributed by atoms with Gasteiger partial charge in [0.05, 0.1) is 5.69 Å². The summed E-state index contributed by atoms with van der Waals surface area (Å²) in [6.07, 6.45) is 4.30. The lowest BCUT2D eigenvalue weighted by Crippen LogP contribution is -2.07. The molecule has 1 fully saturated rings. The van der Waals surface area contributed by atoms with Crippen molar-refractivity contribution in [1.82, 2.24) is 4.98 Å². The summed E-state index contributed by atoms with van der Waals surface area (Å²) >= 11 is 0. The largest absolute Gasteiger partial charge is 0.256 e. The van der Waals surface area contributed by atoms with Crippen molar-refractivity contribution in [2.75, 3.05) is 0 Å². The average Bonchev–Trinajstić information content (AvgIpc) is 3.85. The first kappa shape index (κ1) is 23.4.